The van der Waals surface area contributed by atoms with E-state index in [0.29, 0.717) is 46.8 Å². The van der Waals surface area contributed by atoms with Gasteiger partial charge in [0, 0.05) is 42.8 Å². The standard InChI is InChI=1S/C35H32F3N7O2/c1-3-24-27(37)8-6-19-11-23(46)13-25(29(19)24)31-30(38)32-26(16-39-31)33(41-22-7-5-20-15-40-44(2)28(20)12-22)43-34(42-32)47-18-35-9-4-10-45(35)17-21(36)14-35/h5-8,11-13,15-16,21,46H,3-4,9-10,14,17-18H2,1-2H3,(H,41,42,43)/t21-,35+/m1/s1. The highest BCUT2D eigenvalue weighted by atomic mass is 19.1. The minimum atomic E-state index is -0.934. The number of pyridine rings is 1. The summed E-state index contributed by atoms with van der Waals surface area (Å²) in [6.07, 6.45) is 4.75. The van der Waals surface area contributed by atoms with Gasteiger partial charge in [-0.3, -0.25) is 14.6 Å². The van der Waals surface area contributed by atoms with E-state index < -0.39 is 23.3 Å². The van der Waals surface area contributed by atoms with Crippen LogP contribution >= 0.6 is 0 Å². The molecule has 0 amide bonds. The fourth-order valence-corrected chi connectivity index (χ4v) is 7.42. The molecule has 2 N–H and O–H groups in total. The lowest BCUT2D eigenvalue weighted by Gasteiger charge is -2.30. The smallest absolute Gasteiger partial charge is 0.319 e. The summed E-state index contributed by atoms with van der Waals surface area (Å²) in [6, 6.07) is 11.4. The second-order valence-electron chi connectivity index (χ2n) is 12.5. The van der Waals surface area contributed by atoms with Gasteiger partial charge in [0.25, 0.3) is 0 Å². The molecule has 0 saturated carbocycles. The third-order valence-electron chi connectivity index (χ3n) is 9.67. The van der Waals surface area contributed by atoms with Gasteiger partial charge in [0.05, 0.1) is 22.6 Å². The van der Waals surface area contributed by atoms with E-state index in [2.05, 4.69) is 30.3 Å². The van der Waals surface area contributed by atoms with Gasteiger partial charge in [-0.05, 0) is 78.5 Å². The van der Waals surface area contributed by atoms with Crippen LogP contribution in [0.2, 0.25) is 0 Å². The van der Waals surface area contributed by atoms with E-state index in [9.17, 15) is 13.9 Å². The second-order valence-corrected chi connectivity index (χ2v) is 12.5. The highest BCUT2D eigenvalue weighted by Gasteiger charge is 2.49. The summed E-state index contributed by atoms with van der Waals surface area (Å²) < 4.78 is 54.2. The third kappa shape index (κ3) is 4.89. The maximum Gasteiger partial charge on any atom is 0.319 e. The molecule has 0 radical (unpaired) electrons. The summed E-state index contributed by atoms with van der Waals surface area (Å²) in [5.74, 6) is -1.04. The van der Waals surface area contributed by atoms with Crippen LogP contribution < -0.4 is 10.1 Å². The van der Waals surface area contributed by atoms with Gasteiger partial charge in [-0.25, -0.2) is 13.2 Å². The van der Waals surface area contributed by atoms with Crippen LogP contribution in [0.25, 0.3) is 43.8 Å². The average molecular weight is 640 g/mol. The van der Waals surface area contributed by atoms with Gasteiger partial charge in [0.2, 0.25) is 0 Å². The quantitative estimate of drug-likeness (QED) is 0.193. The molecule has 2 atom stereocenters. The number of aromatic nitrogens is 5. The average Bonchev–Trinajstić information content (AvgIpc) is 3.71. The fraction of sp³-hybridized carbons (Fsp3) is 0.314. The molecule has 2 fully saturated rings. The third-order valence-corrected chi connectivity index (χ3v) is 9.67. The molecule has 0 spiro atoms. The number of benzene rings is 3. The van der Waals surface area contributed by atoms with Gasteiger partial charge in [0.15, 0.2) is 5.82 Å². The molecule has 3 aromatic carbocycles. The molecule has 47 heavy (non-hydrogen) atoms. The van der Waals surface area contributed by atoms with Crippen molar-refractivity contribution in [1.82, 2.24) is 29.6 Å². The van der Waals surface area contributed by atoms with E-state index in [4.69, 9.17) is 4.74 Å². The molecule has 240 valence electrons. The number of alkyl halides is 1. The van der Waals surface area contributed by atoms with Crippen molar-refractivity contribution in [2.75, 3.05) is 25.0 Å². The molecule has 12 heteroatoms. The molecule has 0 bridgehead atoms. The second kappa shape index (κ2) is 11.1. The predicted octanol–water partition coefficient (Wildman–Crippen LogP) is 6.98. The molecule has 3 aromatic heterocycles. The summed E-state index contributed by atoms with van der Waals surface area (Å²) in [5, 5.41) is 20.4. The van der Waals surface area contributed by atoms with Crippen LogP contribution in [0.3, 0.4) is 0 Å². The number of phenolic OH excluding ortho intramolecular Hbond substituents is 1. The number of nitrogens with zero attached hydrogens (tertiary/aromatic N) is 6. The van der Waals surface area contributed by atoms with Crippen LogP contribution in [0.4, 0.5) is 24.7 Å². The van der Waals surface area contributed by atoms with Gasteiger partial charge in [-0.2, -0.15) is 15.1 Å². The Balaban J connectivity index is 1.28. The van der Waals surface area contributed by atoms with E-state index in [1.54, 1.807) is 16.9 Å². The normalized spacial score (nSPS) is 19.6. The van der Waals surface area contributed by atoms with E-state index in [1.165, 1.54) is 24.4 Å². The minimum absolute atomic E-state index is 0.0642. The molecule has 8 rings (SSSR count). The van der Waals surface area contributed by atoms with Crippen molar-refractivity contribution in [3.63, 3.8) is 0 Å². The Morgan fingerprint density at radius 1 is 1.09 bits per heavy atom. The SMILES string of the molecule is CCc1c(F)ccc2cc(O)cc(-c3ncc4c(Nc5ccc6cnn(C)c6c5)nc(OC[C@@]56CCCN5C[C@H](F)C6)nc4c3F)c12. The summed E-state index contributed by atoms with van der Waals surface area (Å²) in [6.45, 7) is 3.15. The zero-order valence-corrected chi connectivity index (χ0v) is 25.9. The Bertz CT molecular complexity index is 2210. The highest BCUT2D eigenvalue weighted by Crippen LogP contribution is 2.42. The van der Waals surface area contributed by atoms with Crippen LogP contribution in [0.5, 0.6) is 11.8 Å². The van der Waals surface area contributed by atoms with Crippen molar-refractivity contribution < 1.29 is 23.0 Å². The van der Waals surface area contributed by atoms with Crippen molar-refractivity contribution in [3.05, 3.63) is 72.1 Å². The van der Waals surface area contributed by atoms with Gasteiger partial charge in [0.1, 0.15) is 41.4 Å². The van der Waals surface area contributed by atoms with Crippen LogP contribution in [-0.4, -0.2) is 66.1 Å². The summed E-state index contributed by atoms with van der Waals surface area (Å²) >= 11 is 0. The number of fused-ring (bicyclic) bond motifs is 4. The van der Waals surface area contributed by atoms with Crippen LogP contribution in [0.1, 0.15) is 31.7 Å². The number of aromatic hydroxyl groups is 1. The van der Waals surface area contributed by atoms with Crippen molar-refractivity contribution in [2.24, 2.45) is 7.05 Å². The first-order valence-electron chi connectivity index (χ1n) is 15.7. The van der Waals surface area contributed by atoms with Crippen molar-refractivity contribution in [2.45, 2.75) is 44.3 Å². The Kier molecular flexibility index (Phi) is 6.94. The molecule has 0 unspecified atom stereocenters. The number of halogens is 3. The summed E-state index contributed by atoms with van der Waals surface area (Å²) in [4.78, 5) is 15.8. The zero-order valence-electron chi connectivity index (χ0n) is 25.9. The Hall–Kier alpha value is -4.97. The maximum atomic E-state index is 16.8. The number of ether oxygens (including phenoxy) is 1. The number of aryl methyl sites for hydroxylation is 2. The maximum absolute atomic E-state index is 16.8. The first kappa shape index (κ1) is 29.4. The van der Waals surface area contributed by atoms with Crippen molar-refractivity contribution >= 4 is 44.1 Å². The largest absolute Gasteiger partial charge is 0.508 e. The Morgan fingerprint density at radius 3 is 2.79 bits per heavy atom. The number of nitrogens with one attached hydrogen (secondary N) is 1. The topological polar surface area (TPSA) is 101 Å². The number of hydrogen-bond acceptors (Lipinski definition) is 8. The lowest BCUT2D eigenvalue weighted by atomic mass is 9.94. The van der Waals surface area contributed by atoms with E-state index >= 15 is 4.39 Å². The van der Waals surface area contributed by atoms with E-state index in [1.807, 2.05) is 32.2 Å². The van der Waals surface area contributed by atoms with Gasteiger partial charge in [-0.1, -0.05) is 13.0 Å². The van der Waals surface area contributed by atoms with Crippen LogP contribution in [0, 0.1) is 11.6 Å². The van der Waals surface area contributed by atoms with E-state index in [-0.39, 0.29) is 41.0 Å². The minimum Gasteiger partial charge on any atom is -0.508 e. The van der Waals surface area contributed by atoms with E-state index in [0.717, 1.165) is 30.3 Å². The molecule has 5 heterocycles. The molecule has 2 aliphatic rings. The molecule has 9 nitrogen and oxygen atoms in total. The number of phenols is 1. The van der Waals surface area contributed by atoms with Gasteiger partial charge >= 0.3 is 6.01 Å². The highest BCUT2D eigenvalue weighted by molar-refractivity contribution is 6.02. The number of rotatable bonds is 7. The first-order chi connectivity index (χ1) is 22.7. The number of hydrogen-bond donors (Lipinski definition) is 2. The van der Waals surface area contributed by atoms with Crippen molar-refractivity contribution in [3.8, 4) is 23.0 Å². The van der Waals surface area contributed by atoms with Crippen molar-refractivity contribution in [1.29, 1.82) is 0 Å². The molecule has 0 aliphatic carbocycles. The molecular weight excluding hydrogens is 607 g/mol. The Labute approximate surface area is 268 Å². The molecule has 2 aliphatic heterocycles. The lowest BCUT2D eigenvalue weighted by molar-refractivity contribution is 0.107. The predicted molar refractivity (Wildman–Crippen MR) is 174 cm³/mol. The van der Waals surface area contributed by atoms with Crippen LogP contribution in [0.15, 0.2) is 54.9 Å². The fourth-order valence-electron chi connectivity index (χ4n) is 7.42. The molecular formula is C35H32F3N7O2. The summed E-state index contributed by atoms with van der Waals surface area (Å²) in [7, 11) is 1.84. The monoisotopic (exact) mass is 639 g/mol. The number of anilines is 2. The van der Waals surface area contributed by atoms with Crippen LogP contribution in [-0.2, 0) is 13.5 Å². The van der Waals surface area contributed by atoms with Gasteiger partial charge < -0.3 is 15.2 Å². The first-order valence-corrected chi connectivity index (χ1v) is 15.7. The molecule has 2 saturated heterocycles. The molecule has 6 aromatic rings. The zero-order chi connectivity index (χ0) is 32.4. The van der Waals surface area contributed by atoms with Gasteiger partial charge in [-0.15, -0.1) is 0 Å². The lowest BCUT2D eigenvalue weighted by Crippen LogP contribution is -2.43. The summed E-state index contributed by atoms with van der Waals surface area (Å²) in [5.41, 5.74) is 1.57. The Morgan fingerprint density at radius 2 is 1.94 bits per heavy atom.